The molecular formula is C16H14N2O2. The number of ketones is 1. The van der Waals surface area contributed by atoms with Gasteiger partial charge in [0.15, 0.2) is 0 Å². The lowest BCUT2D eigenvalue weighted by Gasteiger charge is -1.94. The average molecular weight is 266 g/mol. The summed E-state index contributed by atoms with van der Waals surface area (Å²) >= 11 is 0. The number of rotatable bonds is 0. The molecule has 100 valence electrons. The zero-order chi connectivity index (χ0) is 13.9. The van der Waals surface area contributed by atoms with E-state index in [1.54, 1.807) is 24.3 Å². The molecule has 0 unspecified atom stereocenters. The smallest absolute Gasteiger partial charge is 0.296 e. The maximum Gasteiger partial charge on any atom is 0.296 e. The molecule has 4 nitrogen and oxygen atoms in total. The summed E-state index contributed by atoms with van der Waals surface area (Å²) in [4.78, 5) is 21.8. The lowest BCUT2D eigenvalue weighted by molar-refractivity contribution is -0.112. The largest absolute Gasteiger partial charge is 0.384 e. The first kappa shape index (κ1) is 12.4. The summed E-state index contributed by atoms with van der Waals surface area (Å²) in [5.74, 6) is -0.980. The number of carbonyl (C=O) groups is 2. The molecule has 0 atom stereocenters. The molecule has 0 saturated carbocycles. The first-order valence-electron chi connectivity index (χ1n) is 6.52. The van der Waals surface area contributed by atoms with Gasteiger partial charge in [0.25, 0.3) is 11.7 Å². The monoisotopic (exact) mass is 266 g/mol. The minimum absolute atomic E-state index is 0.444. The van der Waals surface area contributed by atoms with Gasteiger partial charge in [0.2, 0.25) is 0 Å². The van der Waals surface area contributed by atoms with E-state index in [4.69, 9.17) is 0 Å². The zero-order valence-electron chi connectivity index (χ0n) is 10.8. The number of amides is 1. The van der Waals surface area contributed by atoms with Gasteiger partial charge in [-0.15, -0.1) is 0 Å². The number of carbonyl (C=O) groups excluding carboxylic acids is 2. The topological polar surface area (TPSA) is 58.2 Å². The van der Waals surface area contributed by atoms with Gasteiger partial charge < -0.3 is 10.6 Å². The summed E-state index contributed by atoms with van der Waals surface area (Å²) in [6.45, 7) is 1.11. The summed E-state index contributed by atoms with van der Waals surface area (Å²) in [5, 5.41) is 5.76. The van der Waals surface area contributed by atoms with Crippen LogP contribution in [-0.2, 0) is 11.2 Å². The summed E-state index contributed by atoms with van der Waals surface area (Å²) < 4.78 is 0. The Balaban J connectivity index is 0.000000123. The standard InChI is InChI=1S/C8H5NO2.C8H9N/c10-7-5-3-1-2-4-6(5)9-8(7)11;1-2-4-8-7(3-1)5-6-9-8/h1-4H,(H,9,10,11);1-4,9H,5-6H2. The van der Waals surface area contributed by atoms with E-state index >= 15 is 0 Å². The minimum atomic E-state index is -0.536. The maximum atomic E-state index is 11.0. The summed E-state index contributed by atoms with van der Waals surface area (Å²) in [5.41, 5.74) is 3.86. The van der Waals surface area contributed by atoms with E-state index in [1.807, 2.05) is 0 Å². The Morgan fingerprint density at radius 2 is 1.55 bits per heavy atom. The Kier molecular flexibility index (Phi) is 3.21. The second kappa shape index (κ2) is 5.17. The van der Waals surface area contributed by atoms with Crippen LogP contribution in [-0.4, -0.2) is 18.2 Å². The predicted molar refractivity (Wildman–Crippen MR) is 78.0 cm³/mol. The maximum absolute atomic E-state index is 11.0. The van der Waals surface area contributed by atoms with E-state index < -0.39 is 11.7 Å². The third kappa shape index (κ3) is 2.28. The Labute approximate surface area is 116 Å². The van der Waals surface area contributed by atoms with E-state index in [2.05, 4.69) is 34.9 Å². The van der Waals surface area contributed by atoms with Crippen molar-refractivity contribution in [2.45, 2.75) is 6.42 Å². The number of anilines is 2. The molecule has 2 aliphatic rings. The molecular weight excluding hydrogens is 252 g/mol. The number of hydrogen-bond acceptors (Lipinski definition) is 3. The van der Waals surface area contributed by atoms with Gasteiger partial charge in [0.05, 0.1) is 11.3 Å². The molecule has 0 aromatic heterocycles. The van der Waals surface area contributed by atoms with Crippen molar-refractivity contribution in [1.29, 1.82) is 0 Å². The Bertz CT molecular complexity index is 657. The molecule has 20 heavy (non-hydrogen) atoms. The molecule has 0 bridgehead atoms. The molecule has 2 heterocycles. The SMILES string of the molecule is O=C1Nc2ccccc2C1=O.c1ccc2c(c1)CCN2. The van der Waals surface area contributed by atoms with E-state index in [1.165, 1.54) is 17.7 Å². The molecule has 0 spiro atoms. The molecule has 4 heteroatoms. The molecule has 2 aromatic carbocycles. The van der Waals surface area contributed by atoms with Crippen LogP contribution in [0.5, 0.6) is 0 Å². The fourth-order valence-electron chi connectivity index (χ4n) is 2.33. The van der Waals surface area contributed by atoms with Crippen molar-refractivity contribution < 1.29 is 9.59 Å². The molecule has 0 fully saturated rings. The van der Waals surface area contributed by atoms with Crippen LogP contribution in [0.1, 0.15) is 15.9 Å². The number of para-hydroxylation sites is 2. The van der Waals surface area contributed by atoms with Crippen LogP contribution >= 0.6 is 0 Å². The number of benzene rings is 2. The van der Waals surface area contributed by atoms with E-state index in [-0.39, 0.29) is 0 Å². The molecule has 0 radical (unpaired) electrons. The lowest BCUT2D eigenvalue weighted by atomic mass is 10.1. The molecule has 2 aliphatic heterocycles. The lowest BCUT2D eigenvalue weighted by Crippen LogP contribution is -2.12. The normalized spacial score (nSPS) is 14.6. The highest BCUT2D eigenvalue weighted by Crippen LogP contribution is 2.21. The molecule has 0 aliphatic carbocycles. The van der Waals surface area contributed by atoms with Gasteiger partial charge in [-0.2, -0.15) is 0 Å². The van der Waals surface area contributed by atoms with Crippen molar-refractivity contribution >= 4 is 23.1 Å². The second-order valence-electron chi connectivity index (χ2n) is 4.66. The highest BCUT2D eigenvalue weighted by Gasteiger charge is 2.26. The van der Waals surface area contributed by atoms with Crippen molar-refractivity contribution in [3.8, 4) is 0 Å². The van der Waals surface area contributed by atoms with Crippen LogP contribution in [0.4, 0.5) is 11.4 Å². The first-order chi connectivity index (χ1) is 9.75. The third-order valence-electron chi connectivity index (χ3n) is 3.35. The Hall–Kier alpha value is -2.62. The molecule has 2 aromatic rings. The number of Topliss-reactive ketones (excluding diaryl/α,β-unsaturated/α-hetero) is 1. The average Bonchev–Trinajstić information content (AvgIpc) is 3.06. The van der Waals surface area contributed by atoms with Crippen molar-refractivity contribution in [1.82, 2.24) is 0 Å². The third-order valence-corrected chi connectivity index (χ3v) is 3.35. The van der Waals surface area contributed by atoms with Gasteiger partial charge in [-0.3, -0.25) is 9.59 Å². The fourth-order valence-corrected chi connectivity index (χ4v) is 2.33. The van der Waals surface area contributed by atoms with Crippen LogP contribution in [0.3, 0.4) is 0 Å². The molecule has 4 rings (SSSR count). The van der Waals surface area contributed by atoms with Gasteiger partial charge in [-0.1, -0.05) is 30.3 Å². The van der Waals surface area contributed by atoms with Crippen molar-refractivity contribution in [3.63, 3.8) is 0 Å². The van der Waals surface area contributed by atoms with Crippen LogP contribution in [0.25, 0.3) is 0 Å². The van der Waals surface area contributed by atoms with Crippen LogP contribution in [0, 0.1) is 0 Å². The van der Waals surface area contributed by atoms with Crippen LogP contribution < -0.4 is 10.6 Å². The van der Waals surface area contributed by atoms with Gasteiger partial charge in [0, 0.05) is 12.2 Å². The number of fused-ring (bicyclic) bond motifs is 2. The van der Waals surface area contributed by atoms with Crippen molar-refractivity contribution in [3.05, 3.63) is 59.7 Å². The summed E-state index contributed by atoms with van der Waals surface area (Å²) in [6.07, 6.45) is 1.19. The Morgan fingerprint density at radius 3 is 2.30 bits per heavy atom. The molecule has 2 N–H and O–H groups in total. The van der Waals surface area contributed by atoms with Crippen LogP contribution in [0.2, 0.25) is 0 Å². The van der Waals surface area contributed by atoms with Gasteiger partial charge in [0.1, 0.15) is 0 Å². The highest BCUT2D eigenvalue weighted by atomic mass is 16.2. The van der Waals surface area contributed by atoms with Crippen molar-refractivity contribution in [2.75, 3.05) is 17.2 Å². The predicted octanol–water partition coefficient (Wildman–Crippen LogP) is 2.48. The quantitative estimate of drug-likeness (QED) is 0.720. The highest BCUT2D eigenvalue weighted by molar-refractivity contribution is 6.51. The van der Waals surface area contributed by atoms with Gasteiger partial charge in [-0.25, -0.2) is 0 Å². The first-order valence-corrected chi connectivity index (χ1v) is 6.52. The minimum Gasteiger partial charge on any atom is -0.384 e. The summed E-state index contributed by atoms with van der Waals surface area (Å²) in [7, 11) is 0. The molecule has 1 amide bonds. The number of hydrogen-bond donors (Lipinski definition) is 2. The fraction of sp³-hybridized carbons (Fsp3) is 0.125. The van der Waals surface area contributed by atoms with E-state index in [0.717, 1.165) is 6.54 Å². The van der Waals surface area contributed by atoms with E-state index in [9.17, 15) is 9.59 Å². The second-order valence-corrected chi connectivity index (χ2v) is 4.66. The van der Waals surface area contributed by atoms with Gasteiger partial charge in [-0.05, 0) is 30.2 Å². The summed E-state index contributed by atoms with van der Waals surface area (Å²) in [6, 6.07) is 15.3. The van der Waals surface area contributed by atoms with E-state index in [0.29, 0.717) is 11.3 Å². The van der Waals surface area contributed by atoms with Crippen molar-refractivity contribution in [2.24, 2.45) is 0 Å². The van der Waals surface area contributed by atoms with Crippen LogP contribution in [0.15, 0.2) is 48.5 Å². The zero-order valence-corrected chi connectivity index (χ0v) is 10.8. The van der Waals surface area contributed by atoms with Gasteiger partial charge >= 0.3 is 0 Å². The Morgan fingerprint density at radius 1 is 0.850 bits per heavy atom. The molecule has 0 saturated heterocycles. The number of nitrogens with one attached hydrogen (secondary N) is 2.